The van der Waals surface area contributed by atoms with Gasteiger partial charge in [-0.1, -0.05) is 48.5 Å². The minimum atomic E-state index is -0.121. The highest BCUT2D eigenvalue weighted by Gasteiger charge is 2.31. The largest absolute Gasteiger partial charge is 0.507 e. The number of anilines is 1. The predicted molar refractivity (Wildman–Crippen MR) is 117 cm³/mol. The van der Waals surface area contributed by atoms with Gasteiger partial charge in [0.05, 0.1) is 5.69 Å². The Morgan fingerprint density at radius 3 is 2.55 bits per heavy atom. The van der Waals surface area contributed by atoms with Gasteiger partial charge in [-0.05, 0) is 53.9 Å². The summed E-state index contributed by atoms with van der Waals surface area (Å²) in [6.45, 7) is 1.81. The lowest BCUT2D eigenvalue weighted by molar-refractivity contribution is -0.110. The van der Waals surface area contributed by atoms with Crippen LogP contribution in [0.4, 0.5) is 5.69 Å². The van der Waals surface area contributed by atoms with E-state index >= 15 is 0 Å². The van der Waals surface area contributed by atoms with Crippen molar-refractivity contribution in [3.8, 4) is 16.9 Å². The van der Waals surface area contributed by atoms with Gasteiger partial charge in [-0.3, -0.25) is 4.79 Å². The van der Waals surface area contributed by atoms with Crippen molar-refractivity contribution in [1.82, 2.24) is 4.90 Å². The second kappa shape index (κ2) is 6.90. The zero-order valence-electron chi connectivity index (χ0n) is 16.3. The van der Waals surface area contributed by atoms with Crippen molar-refractivity contribution in [1.29, 1.82) is 0 Å². The molecular weight excluding hydrogens is 360 g/mol. The normalized spacial score (nSPS) is 17.1. The van der Waals surface area contributed by atoms with Crippen molar-refractivity contribution < 1.29 is 9.90 Å². The smallest absolute Gasteiger partial charge is 0.256 e. The van der Waals surface area contributed by atoms with Gasteiger partial charge in [0.25, 0.3) is 5.91 Å². The van der Waals surface area contributed by atoms with E-state index in [1.54, 1.807) is 18.2 Å². The summed E-state index contributed by atoms with van der Waals surface area (Å²) < 4.78 is 0. The number of phenolic OH excluding ortho intramolecular Hbond substituents is 1. The van der Waals surface area contributed by atoms with Crippen LogP contribution in [-0.4, -0.2) is 29.5 Å². The van der Waals surface area contributed by atoms with Crippen LogP contribution in [0.3, 0.4) is 0 Å². The highest BCUT2D eigenvalue weighted by atomic mass is 16.3. The van der Waals surface area contributed by atoms with Crippen LogP contribution in [0.25, 0.3) is 22.8 Å². The van der Waals surface area contributed by atoms with Gasteiger partial charge in [0.1, 0.15) is 5.75 Å². The monoisotopic (exact) mass is 382 g/mol. The van der Waals surface area contributed by atoms with E-state index in [1.807, 2.05) is 30.3 Å². The molecule has 0 atom stereocenters. The average molecular weight is 382 g/mol. The molecule has 1 amide bonds. The number of rotatable bonds is 2. The number of nitrogens with one attached hydrogen (secondary N) is 1. The molecule has 29 heavy (non-hydrogen) atoms. The first kappa shape index (κ1) is 17.7. The van der Waals surface area contributed by atoms with Gasteiger partial charge in [0.15, 0.2) is 0 Å². The van der Waals surface area contributed by atoms with Gasteiger partial charge >= 0.3 is 0 Å². The highest BCUT2D eigenvalue weighted by molar-refractivity contribution is 6.35. The predicted octanol–water partition coefficient (Wildman–Crippen LogP) is 4.54. The summed E-state index contributed by atoms with van der Waals surface area (Å²) in [5, 5.41) is 13.3. The second-order valence-electron chi connectivity index (χ2n) is 7.73. The summed E-state index contributed by atoms with van der Waals surface area (Å²) in [7, 11) is 2.11. The maximum absolute atomic E-state index is 12.9. The number of benzene rings is 3. The number of carbonyl (C=O) groups excluding carboxylic acids is 1. The number of para-hydroxylation sites is 1. The Morgan fingerprint density at radius 1 is 1.00 bits per heavy atom. The summed E-state index contributed by atoms with van der Waals surface area (Å²) >= 11 is 0. The molecule has 2 heterocycles. The first-order chi connectivity index (χ1) is 14.1. The van der Waals surface area contributed by atoms with E-state index in [-0.39, 0.29) is 11.7 Å². The van der Waals surface area contributed by atoms with Gasteiger partial charge in [-0.2, -0.15) is 0 Å². The number of nitrogens with zero attached hydrogens (tertiary/aromatic N) is 1. The van der Waals surface area contributed by atoms with E-state index in [0.29, 0.717) is 11.1 Å². The van der Waals surface area contributed by atoms with E-state index in [0.717, 1.165) is 36.3 Å². The van der Waals surface area contributed by atoms with Crippen molar-refractivity contribution in [3.05, 3.63) is 82.9 Å². The molecule has 0 fully saturated rings. The molecule has 0 aromatic heterocycles. The molecule has 4 nitrogen and oxygen atoms in total. The molecule has 2 N–H and O–H groups in total. The minimum Gasteiger partial charge on any atom is -0.507 e. The van der Waals surface area contributed by atoms with Gasteiger partial charge in [0, 0.05) is 29.8 Å². The van der Waals surface area contributed by atoms with E-state index in [9.17, 15) is 9.90 Å². The zero-order valence-corrected chi connectivity index (χ0v) is 16.3. The van der Waals surface area contributed by atoms with Crippen molar-refractivity contribution >= 4 is 23.2 Å². The molecule has 3 aromatic carbocycles. The first-order valence-electron chi connectivity index (χ1n) is 9.86. The Labute approximate surface area is 170 Å². The number of amides is 1. The van der Waals surface area contributed by atoms with Crippen LogP contribution in [0.1, 0.15) is 22.3 Å². The van der Waals surface area contributed by atoms with Crippen LogP contribution in [0.5, 0.6) is 5.75 Å². The molecule has 2 aliphatic heterocycles. The van der Waals surface area contributed by atoms with E-state index in [4.69, 9.17) is 0 Å². The van der Waals surface area contributed by atoms with E-state index in [1.165, 1.54) is 16.7 Å². The summed E-state index contributed by atoms with van der Waals surface area (Å²) in [5.41, 5.74) is 7.92. The van der Waals surface area contributed by atoms with Gasteiger partial charge < -0.3 is 15.3 Å². The minimum absolute atomic E-state index is 0.121. The molecule has 0 unspecified atom stereocenters. The lowest BCUT2D eigenvalue weighted by Crippen LogP contribution is -2.27. The van der Waals surface area contributed by atoms with Crippen LogP contribution in [-0.2, 0) is 17.8 Å². The first-order valence-corrected chi connectivity index (χ1v) is 9.86. The molecule has 0 bridgehead atoms. The third kappa shape index (κ3) is 3.02. The Balaban J connectivity index is 1.75. The van der Waals surface area contributed by atoms with Crippen molar-refractivity contribution in [3.63, 3.8) is 0 Å². The summed E-state index contributed by atoms with van der Waals surface area (Å²) in [5.74, 6) is 0.0473. The average Bonchev–Trinajstić information content (AvgIpc) is 3.05. The van der Waals surface area contributed by atoms with Crippen LogP contribution in [0.15, 0.2) is 60.7 Å². The molecule has 0 saturated carbocycles. The van der Waals surface area contributed by atoms with Crippen molar-refractivity contribution in [2.24, 2.45) is 0 Å². The Kier molecular flexibility index (Phi) is 4.22. The molecule has 5 rings (SSSR count). The van der Waals surface area contributed by atoms with Gasteiger partial charge in [-0.25, -0.2) is 0 Å². The summed E-state index contributed by atoms with van der Waals surface area (Å²) in [6, 6.07) is 19.6. The number of hydrogen-bond acceptors (Lipinski definition) is 3. The topological polar surface area (TPSA) is 52.6 Å². The SMILES string of the molecule is CN1CCc2c(-c3ccccc3)cc3c(c2C1)NC(=O)/C3=C/c1ccccc1O. The van der Waals surface area contributed by atoms with Crippen LogP contribution >= 0.6 is 0 Å². The molecule has 3 aromatic rings. The lowest BCUT2D eigenvalue weighted by atomic mass is 9.86. The summed E-state index contributed by atoms with van der Waals surface area (Å²) in [4.78, 5) is 15.2. The number of carbonyl (C=O) groups is 1. The quantitative estimate of drug-likeness (QED) is 0.640. The highest BCUT2D eigenvalue weighted by Crippen LogP contribution is 2.44. The fourth-order valence-electron chi connectivity index (χ4n) is 4.33. The Morgan fingerprint density at radius 2 is 1.76 bits per heavy atom. The van der Waals surface area contributed by atoms with Crippen LogP contribution in [0.2, 0.25) is 0 Å². The van der Waals surface area contributed by atoms with E-state index in [2.05, 4.69) is 35.5 Å². The van der Waals surface area contributed by atoms with Gasteiger partial charge in [0.2, 0.25) is 0 Å². The van der Waals surface area contributed by atoms with E-state index < -0.39 is 0 Å². The van der Waals surface area contributed by atoms with Crippen molar-refractivity contribution in [2.45, 2.75) is 13.0 Å². The third-order valence-electron chi connectivity index (χ3n) is 5.82. The Bertz CT molecular complexity index is 1150. The maximum Gasteiger partial charge on any atom is 0.256 e. The zero-order chi connectivity index (χ0) is 20.0. The van der Waals surface area contributed by atoms with Crippen molar-refractivity contribution in [2.75, 3.05) is 18.9 Å². The molecule has 0 aliphatic carbocycles. The van der Waals surface area contributed by atoms with Crippen LogP contribution < -0.4 is 5.32 Å². The third-order valence-corrected chi connectivity index (χ3v) is 5.82. The molecule has 0 saturated heterocycles. The fraction of sp³-hybridized carbons (Fsp3) is 0.160. The number of fused-ring (bicyclic) bond motifs is 3. The van der Waals surface area contributed by atoms with Crippen LogP contribution in [0, 0.1) is 0 Å². The number of hydrogen-bond donors (Lipinski definition) is 2. The lowest BCUT2D eigenvalue weighted by Gasteiger charge is -2.29. The molecular formula is C25H22N2O2. The number of aromatic hydroxyl groups is 1. The summed E-state index contributed by atoms with van der Waals surface area (Å²) in [6.07, 6.45) is 2.74. The number of likely N-dealkylation sites (N-methyl/N-ethyl adjacent to an activating group) is 1. The molecule has 2 aliphatic rings. The second-order valence-corrected chi connectivity index (χ2v) is 7.73. The molecule has 4 heteroatoms. The number of phenols is 1. The molecule has 0 spiro atoms. The standard InChI is InChI=1S/C25H22N2O2/c1-27-12-11-18-19(16-7-3-2-4-8-16)14-20-21(13-17-9-5-6-10-23(17)28)25(29)26-24(20)22(18)15-27/h2-10,13-14,28H,11-12,15H2,1H3,(H,26,29)/b21-13+. The fourth-order valence-corrected chi connectivity index (χ4v) is 4.33. The molecule has 0 radical (unpaired) electrons. The maximum atomic E-state index is 12.9. The Hall–Kier alpha value is -3.37. The van der Waals surface area contributed by atoms with Gasteiger partial charge in [-0.15, -0.1) is 0 Å². The molecule has 144 valence electrons.